The van der Waals surface area contributed by atoms with Crippen LogP contribution in [0.1, 0.15) is 152 Å². The van der Waals surface area contributed by atoms with Crippen molar-refractivity contribution >= 4 is 23.6 Å². The van der Waals surface area contributed by atoms with Gasteiger partial charge in [-0.15, -0.1) is 0 Å². The van der Waals surface area contributed by atoms with Crippen LogP contribution in [0.2, 0.25) is 0 Å². The Labute approximate surface area is 308 Å². The van der Waals surface area contributed by atoms with Gasteiger partial charge in [0.2, 0.25) is 5.91 Å². The van der Waals surface area contributed by atoms with Crippen molar-refractivity contribution in [3.8, 4) is 0 Å². The summed E-state index contributed by atoms with van der Waals surface area (Å²) in [6.45, 7) is 25.6. The van der Waals surface area contributed by atoms with Gasteiger partial charge in [-0.3, -0.25) is 19.4 Å². The van der Waals surface area contributed by atoms with E-state index in [4.69, 9.17) is 4.74 Å². The van der Waals surface area contributed by atoms with Gasteiger partial charge in [-0.25, -0.2) is 0 Å². The molecule has 1 aliphatic heterocycles. The summed E-state index contributed by atoms with van der Waals surface area (Å²) in [7, 11) is 0. The number of fused-ring (bicyclic) bond motifs is 7. The molecule has 7 heteroatoms. The third kappa shape index (κ3) is 6.47. The molecule has 0 spiro atoms. The Morgan fingerprint density at radius 1 is 0.941 bits per heavy atom. The van der Waals surface area contributed by atoms with Gasteiger partial charge >= 0.3 is 11.9 Å². The fraction of sp³-hybridized carbons (Fsp3) is 0.818. The van der Waals surface area contributed by atoms with Gasteiger partial charge in [0.05, 0.1) is 19.4 Å². The zero-order valence-corrected chi connectivity index (χ0v) is 33.4. The predicted octanol–water partition coefficient (Wildman–Crippen LogP) is 9.70. The lowest BCUT2D eigenvalue weighted by Crippen LogP contribution is -2.67. The number of aliphatic carboxylic acids is 1. The number of allylic oxidation sites excluding steroid dienone is 2. The molecule has 2 N–H and O–H groups in total. The van der Waals surface area contributed by atoms with Crippen molar-refractivity contribution in [2.75, 3.05) is 6.54 Å². The lowest BCUT2D eigenvalue weighted by molar-refractivity contribution is -0.250. The Hall–Kier alpha value is -2.44. The highest BCUT2D eigenvalue weighted by atomic mass is 16.5. The quantitative estimate of drug-likeness (QED) is 0.174. The van der Waals surface area contributed by atoms with Crippen molar-refractivity contribution in [3.63, 3.8) is 0 Å². The van der Waals surface area contributed by atoms with Crippen molar-refractivity contribution in [1.29, 1.82) is 0 Å². The van der Waals surface area contributed by atoms with Gasteiger partial charge in [0.15, 0.2) is 0 Å². The van der Waals surface area contributed by atoms with E-state index in [9.17, 15) is 19.5 Å². The lowest BCUT2D eigenvalue weighted by atomic mass is 9.32. The second-order valence-electron chi connectivity index (χ2n) is 20.6. The van der Waals surface area contributed by atoms with Crippen LogP contribution in [0.15, 0.2) is 28.9 Å². The summed E-state index contributed by atoms with van der Waals surface area (Å²) in [5.41, 5.74) is 3.40. The number of ether oxygens (including phenoxy) is 1. The molecule has 6 rings (SSSR count). The van der Waals surface area contributed by atoms with Gasteiger partial charge in [0.25, 0.3) is 0 Å². The molecule has 0 unspecified atom stereocenters. The minimum Gasteiger partial charge on any atom is -0.481 e. The van der Waals surface area contributed by atoms with Crippen LogP contribution in [0.4, 0.5) is 0 Å². The Kier molecular flexibility index (Phi) is 9.87. The van der Waals surface area contributed by atoms with Crippen molar-refractivity contribution in [1.82, 2.24) is 5.32 Å². The van der Waals surface area contributed by atoms with Crippen LogP contribution in [0.25, 0.3) is 0 Å². The van der Waals surface area contributed by atoms with Crippen molar-refractivity contribution in [3.05, 3.63) is 23.9 Å². The molecule has 5 fully saturated rings. The number of hydrogen-bond acceptors (Lipinski definition) is 5. The highest BCUT2D eigenvalue weighted by Crippen LogP contribution is 2.78. The summed E-state index contributed by atoms with van der Waals surface area (Å²) in [5.74, 6) is 1.64. The van der Waals surface area contributed by atoms with Crippen LogP contribution < -0.4 is 5.32 Å². The number of hydrogen-bond donors (Lipinski definition) is 2. The molecule has 0 radical (unpaired) electrons. The van der Waals surface area contributed by atoms with E-state index in [0.29, 0.717) is 42.6 Å². The van der Waals surface area contributed by atoms with E-state index in [1.54, 1.807) is 0 Å². The van der Waals surface area contributed by atoms with E-state index in [1.807, 2.05) is 20.0 Å². The van der Waals surface area contributed by atoms with Crippen LogP contribution >= 0.6 is 0 Å². The smallest absolute Gasteiger partial charge is 0.306 e. The summed E-state index contributed by atoms with van der Waals surface area (Å²) in [6.07, 6.45) is 14.6. The number of nitrogens with zero attached hydrogens (tertiary/aromatic N) is 1. The fourth-order valence-electron chi connectivity index (χ4n) is 14.1. The normalized spacial score (nSPS) is 41.2. The molecule has 5 aliphatic carbocycles. The van der Waals surface area contributed by atoms with E-state index in [-0.39, 0.29) is 57.9 Å². The largest absolute Gasteiger partial charge is 0.481 e. The van der Waals surface area contributed by atoms with Crippen LogP contribution in [-0.4, -0.2) is 41.3 Å². The van der Waals surface area contributed by atoms with Crippen LogP contribution in [0.5, 0.6) is 0 Å². The fourth-order valence-corrected chi connectivity index (χ4v) is 14.1. The van der Waals surface area contributed by atoms with Crippen LogP contribution in [0.3, 0.4) is 0 Å². The van der Waals surface area contributed by atoms with Gasteiger partial charge in [-0.2, -0.15) is 0 Å². The maximum Gasteiger partial charge on any atom is 0.306 e. The van der Waals surface area contributed by atoms with E-state index in [2.05, 4.69) is 65.4 Å². The minimum absolute atomic E-state index is 0.0385. The van der Waals surface area contributed by atoms with Crippen molar-refractivity contribution < 1.29 is 24.2 Å². The SMILES string of the molecule is C=C(C)[C@@H]1CC[C@]2(CC(=O)NCC3=NC=C(C)C3)CC[C@]3(C)[C@H](CC[C@@H]4[C@@]5(C)CC[C@H](OC(=O)CC(C)(C)CC(=O)O)C(C)(C)[C@@H]5CC[C@]43C)[C@@H]12. The Morgan fingerprint density at radius 2 is 1.67 bits per heavy atom. The number of carboxylic acid groups (broad SMARTS) is 1. The summed E-state index contributed by atoms with van der Waals surface area (Å²) < 4.78 is 6.28. The molecule has 5 saturated carbocycles. The lowest BCUT2D eigenvalue weighted by Gasteiger charge is -2.73. The highest BCUT2D eigenvalue weighted by molar-refractivity contribution is 5.93. The average Bonchev–Trinajstić information content (AvgIpc) is 3.60. The highest BCUT2D eigenvalue weighted by Gasteiger charge is 2.71. The number of carbonyl (C=O) groups excluding carboxylic acids is 2. The van der Waals surface area contributed by atoms with Gasteiger partial charge < -0.3 is 15.2 Å². The number of nitrogens with one attached hydrogen (secondary N) is 1. The Balaban J connectivity index is 1.20. The van der Waals surface area contributed by atoms with Gasteiger partial charge in [-0.1, -0.05) is 60.6 Å². The molecule has 1 amide bonds. The number of esters is 1. The van der Waals surface area contributed by atoms with Crippen molar-refractivity contribution in [2.45, 2.75) is 158 Å². The molecule has 51 heavy (non-hydrogen) atoms. The Morgan fingerprint density at radius 3 is 2.31 bits per heavy atom. The first-order chi connectivity index (χ1) is 23.7. The molecule has 0 aromatic rings. The average molecular weight is 705 g/mol. The second kappa shape index (κ2) is 13.1. The second-order valence-corrected chi connectivity index (χ2v) is 20.6. The standard InChI is InChI=1S/C44H68N2O5/c1-27(2)30-13-18-44(22-35(47)46-26-29-21-28(3)25-45-29)20-19-42(9)31(38(30)44)11-12-33-41(8)16-15-34(40(6,7)32(41)14-17-43(33,42)10)51-37(50)24-39(4,5)23-36(48)49/h25,30-34,38H,1,11-24,26H2,2-10H3,(H,46,47)(H,48,49)/t30-,31+,32-,33+,34-,38+,41-,42+,43+,44+/m0/s1. The number of aliphatic imine (C=N–C) groups is 1. The number of amides is 1. The monoisotopic (exact) mass is 705 g/mol. The van der Waals surface area contributed by atoms with Crippen molar-refractivity contribution in [2.24, 2.45) is 67.1 Å². The maximum absolute atomic E-state index is 13.7. The molecule has 0 bridgehead atoms. The molecule has 0 aromatic carbocycles. The first kappa shape index (κ1) is 38.3. The number of carboxylic acids is 1. The molecule has 1 heterocycles. The zero-order chi connectivity index (χ0) is 37.4. The van der Waals surface area contributed by atoms with Crippen LogP contribution in [-0.2, 0) is 19.1 Å². The van der Waals surface area contributed by atoms with E-state index >= 15 is 0 Å². The predicted molar refractivity (Wildman–Crippen MR) is 203 cm³/mol. The van der Waals surface area contributed by atoms with E-state index in [1.165, 1.54) is 36.8 Å². The molecular weight excluding hydrogens is 636 g/mol. The molecule has 0 aromatic heterocycles. The maximum atomic E-state index is 13.7. The van der Waals surface area contributed by atoms with Gasteiger partial charge in [0.1, 0.15) is 6.10 Å². The first-order valence-electron chi connectivity index (χ1n) is 20.2. The van der Waals surface area contributed by atoms with Gasteiger partial charge in [-0.05, 0) is 140 Å². The minimum atomic E-state index is -0.883. The molecular formula is C44H68N2O5. The third-order valence-electron chi connectivity index (χ3n) is 16.7. The van der Waals surface area contributed by atoms with E-state index in [0.717, 1.165) is 50.7 Å². The van der Waals surface area contributed by atoms with Gasteiger partial charge in [0, 0.05) is 30.2 Å². The zero-order valence-electron chi connectivity index (χ0n) is 33.4. The third-order valence-corrected chi connectivity index (χ3v) is 16.7. The Bertz CT molecular complexity index is 1510. The first-order valence-corrected chi connectivity index (χ1v) is 20.2. The molecule has 284 valence electrons. The summed E-state index contributed by atoms with van der Waals surface area (Å²) >= 11 is 0. The number of carbonyl (C=O) groups is 3. The topological polar surface area (TPSA) is 105 Å². The molecule has 0 saturated heterocycles. The molecule has 6 aliphatic rings. The summed E-state index contributed by atoms with van der Waals surface area (Å²) in [4.78, 5) is 42.8. The van der Waals surface area contributed by atoms with E-state index < -0.39 is 11.4 Å². The molecule has 10 atom stereocenters. The van der Waals surface area contributed by atoms with Crippen LogP contribution in [0, 0.1) is 62.1 Å². The summed E-state index contributed by atoms with van der Waals surface area (Å²) in [5, 5.41) is 12.6. The summed E-state index contributed by atoms with van der Waals surface area (Å²) in [6, 6.07) is 0. The number of rotatable bonds is 10. The molecule has 7 nitrogen and oxygen atoms in total.